The number of nitro benzene ring substituents is 1. The molecule has 228 valence electrons. The first-order valence-electron chi connectivity index (χ1n) is 13.7. The molecule has 0 saturated heterocycles. The topological polar surface area (TPSA) is 130 Å². The van der Waals surface area contributed by atoms with Gasteiger partial charge in [-0.2, -0.15) is 0 Å². The van der Waals surface area contributed by atoms with Crippen LogP contribution in [0, 0.1) is 10.1 Å². The maximum Gasteiger partial charge on any atom is 0.271 e. The van der Waals surface area contributed by atoms with Gasteiger partial charge in [-0.1, -0.05) is 78.5 Å². The predicted octanol–water partition coefficient (Wildman–Crippen LogP) is 5.37. The van der Waals surface area contributed by atoms with Crippen molar-refractivity contribution in [2.45, 2.75) is 50.7 Å². The van der Waals surface area contributed by atoms with Gasteiger partial charge in [0, 0.05) is 46.7 Å². The lowest BCUT2D eigenvalue weighted by atomic mass is 10.0. The number of carbonyl (C=O) groups excluding carboxylic acids is 2. The number of carbonyl (C=O) groups is 2. The number of hydrogen-bond acceptors (Lipinski definition) is 6. The van der Waals surface area contributed by atoms with Gasteiger partial charge in [-0.3, -0.25) is 24.0 Å². The minimum absolute atomic E-state index is 0.0380. The number of amides is 2. The Hall–Kier alpha value is -3.67. The highest BCUT2D eigenvalue weighted by atomic mass is 35.5. The van der Waals surface area contributed by atoms with Crippen molar-refractivity contribution in [3.63, 3.8) is 0 Å². The number of nitro groups is 1. The molecular formula is C30H32Cl2N4O6S. The first-order valence-corrected chi connectivity index (χ1v) is 16.3. The molecule has 0 heterocycles. The molecule has 0 aromatic heterocycles. The van der Waals surface area contributed by atoms with Gasteiger partial charge in [0.15, 0.2) is 0 Å². The van der Waals surface area contributed by atoms with E-state index in [1.807, 2.05) is 30.3 Å². The van der Waals surface area contributed by atoms with Crippen molar-refractivity contribution in [1.82, 2.24) is 10.2 Å². The summed E-state index contributed by atoms with van der Waals surface area (Å²) >= 11 is 13.0. The molecule has 2 amide bonds. The highest BCUT2D eigenvalue weighted by Gasteiger charge is 2.35. The fraction of sp³-hybridized carbons (Fsp3) is 0.333. The van der Waals surface area contributed by atoms with E-state index in [2.05, 4.69) is 5.32 Å². The Bertz CT molecular complexity index is 1560. The summed E-state index contributed by atoms with van der Waals surface area (Å²) in [6.45, 7) is -0.899. The van der Waals surface area contributed by atoms with Gasteiger partial charge in [-0.15, -0.1) is 0 Å². The zero-order valence-corrected chi connectivity index (χ0v) is 25.8. The van der Waals surface area contributed by atoms with Crippen molar-refractivity contribution < 1.29 is 22.9 Å². The molecule has 3 aromatic rings. The second-order valence-electron chi connectivity index (χ2n) is 10.5. The van der Waals surface area contributed by atoms with Crippen LogP contribution in [0.4, 0.5) is 11.4 Å². The van der Waals surface area contributed by atoms with E-state index in [1.54, 1.807) is 18.2 Å². The van der Waals surface area contributed by atoms with Gasteiger partial charge in [0.25, 0.3) is 5.69 Å². The number of non-ortho nitro benzene ring substituents is 1. The van der Waals surface area contributed by atoms with E-state index >= 15 is 0 Å². The molecule has 0 unspecified atom stereocenters. The largest absolute Gasteiger partial charge is 0.352 e. The molecule has 10 nitrogen and oxygen atoms in total. The maximum absolute atomic E-state index is 14.2. The molecule has 0 radical (unpaired) electrons. The number of rotatable bonds is 12. The molecule has 0 spiro atoms. The molecule has 1 atom stereocenters. The van der Waals surface area contributed by atoms with Crippen LogP contribution in [0.2, 0.25) is 10.0 Å². The highest BCUT2D eigenvalue weighted by Crippen LogP contribution is 2.29. The van der Waals surface area contributed by atoms with Crippen molar-refractivity contribution in [1.29, 1.82) is 0 Å². The molecule has 0 aliphatic heterocycles. The monoisotopic (exact) mass is 646 g/mol. The second kappa shape index (κ2) is 14.2. The van der Waals surface area contributed by atoms with Gasteiger partial charge in [0.1, 0.15) is 12.6 Å². The third-order valence-corrected chi connectivity index (χ3v) is 9.22. The van der Waals surface area contributed by atoms with E-state index in [9.17, 15) is 28.1 Å². The smallest absolute Gasteiger partial charge is 0.271 e. The van der Waals surface area contributed by atoms with Gasteiger partial charge in [0.05, 0.1) is 16.9 Å². The lowest BCUT2D eigenvalue weighted by Crippen LogP contribution is -2.54. The summed E-state index contributed by atoms with van der Waals surface area (Å²) < 4.78 is 26.6. The Morgan fingerprint density at radius 1 is 1.00 bits per heavy atom. The first-order chi connectivity index (χ1) is 20.4. The molecule has 1 aliphatic carbocycles. The Morgan fingerprint density at radius 3 is 2.23 bits per heavy atom. The molecule has 43 heavy (non-hydrogen) atoms. The molecule has 1 aliphatic rings. The molecule has 1 saturated carbocycles. The Balaban J connectivity index is 1.77. The van der Waals surface area contributed by atoms with Crippen molar-refractivity contribution in [2.75, 3.05) is 17.1 Å². The SMILES string of the molecule is CS(=O)(=O)N(CC(=O)N(Cc1c(Cl)cccc1Cl)[C@@H](Cc1ccccc1)C(=O)NC1CCCC1)c1cccc([N+](=O)[O-])c1. The molecule has 3 aromatic carbocycles. The van der Waals surface area contributed by atoms with E-state index in [4.69, 9.17) is 23.2 Å². The van der Waals surface area contributed by atoms with Crippen LogP contribution in [0.5, 0.6) is 0 Å². The van der Waals surface area contributed by atoms with Crippen LogP contribution in [-0.4, -0.2) is 54.9 Å². The van der Waals surface area contributed by atoms with Crippen LogP contribution >= 0.6 is 23.2 Å². The number of halogens is 2. The predicted molar refractivity (Wildman–Crippen MR) is 167 cm³/mol. The number of anilines is 1. The van der Waals surface area contributed by atoms with Crippen LogP contribution < -0.4 is 9.62 Å². The van der Waals surface area contributed by atoms with Gasteiger partial charge >= 0.3 is 0 Å². The van der Waals surface area contributed by atoms with E-state index in [0.717, 1.165) is 47.9 Å². The van der Waals surface area contributed by atoms with E-state index in [-0.39, 0.29) is 46.3 Å². The minimum Gasteiger partial charge on any atom is -0.352 e. The molecule has 1 fully saturated rings. The quantitative estimate of drug-likeness (QED) is 0.208. The normalized spacial score (nSPS) is 14.2. The van der Waals surface area contributed by atoms with E-state index in [1.165, 1.54) is 23.1 Å². The fourth-order valence-electron chi connectivity index (χ4n) is 5.15. The zero-order chi connectivity index (χ0) is 31.1. The van der Waals surface area contributed by atoms with E-state index < -0.39 is 33.4 Å². The molecule has 13 heteroatoms. The van der Waals surface area contributed by atoms with Crippen LogP contribution in [0.25, 0.3) is 0 Å². The van der Waals surface area contributed by atoms with Crippen LogP contribution in [0.1, 0.15) is 36.8 Å². The van der Waals surface area contributed by atoms with Crippen LogP contribution in [-0.2, 0) is 32.6 Å². The van der Waals surface area contributed by atoms with Gasteiger partial charge in [-0.25, -0.2) is 8.42 Å². The summed E-state index contributed by atoms with van der Waals surface area (Å²) in [6, 6.07) is 18.0. The van der Waals surface area contributed by atoms with Crippen LogP contribution in [0.3, 0.4) is 0 Å². The number of hydrogen-bond donors (Lipinski definition) is 1. The second-order valence-corrected chi connectivity index (χ2v) is 13.2. The summed E-state index contributed by atoms with van der Waals surface area (Å²) in [4.78, 5) is 40.2. The fourth-order valence-corrected chi connectivity index (χ4v) is 6.51. The number of benzene rings is 3. The Labute approximate surface area is 260 Å². The lowest BCUT2D eigenvalue weighted by Gasteiger charge is -2.34. The Kier molecular flexibility index (Phi) is 10.6. The van der Waals surface area contributed by atoms with Gasteiger partial charge in [-0.05, 0) is 36.6 Å². The molecule has 1 N–H and O–H groups in total. The number of nitrogens with zero attached hydrogens (tertiary/aromatic N) is 3. The highest BCUT2D eigenvalue weighted by molar-refractivity contribution is 7.92. The van der Waals surface area contributed by atoms with Crippen molar-refractivity contribution >= 4 is 56.4 Å². The van der Waals surface area contributed by atoms with Gasteiger partial charge in [0.2, 0.25) is 21.8 Å². The number of nitrogens with one attached hydrogen (secondary N) is 1. The summed E-state index contributed by atoms with van der Waals surface area (Å²) in [6.07, 6.45) is 4.66. The average molecular weight is 648 g/mol. The summed E-state index contributed by atoms with van der Waals surface area (Å²) in [5.41, 5.74) is 0.787. The zero-order valence-electron chi connectivity index (χ0n) is 23.5. The third-order valence-electron chi connectivity index (χ3n) is 7.37. The minimum atomic E-state index is -4.09. The van der Waals surface area contributed by atoms with E-state index in [0.29, 0.717) is 5.56 Å². The third kappa shape index (κ3) is 8.46. The van der Waals surface area contributed by atoms with Crippen LogP contribution in [0.15, 0.2) is 72.8 Å². The van der Waals surface area contributed by atoms with Crippen molar-refractivity contribution in [3.05, 3.63) is 104 Å². The standard InChI is InChI=1S/C30H32Cl2N4O6S/c1-43(41,42)35(23-13-7-14-24(18-23)36(39)40)20-29(37)34(19-25-26(31)15-8-16-27(25)32)28(17-21-9-3-2-4-10-21)30(38)33-22-11-5-6-12-22/h2-4,7-10,13-16,18,22,28H,5-6,11-12,17,19-20H2,1H3,(H,33,38)/t28-/m0/s1. The molecule has 4 rings (SSSR count). The first kappa shape index (κ1) is 32.2. The lowest BCUT2D eigenvalue weighted by molar-refractivity contribution is -0.384. The van der Waals surface area contributed by atoms with Crippen molar-refractivity contribution in [2.24, 2.45) is 0 Å². The maximum atomic E-state index is 14.2. The number of sulfonamides is 1. The summed E-state index contributed by atoms with van der Waals surface area (Å²) in [7, 11) is -4.09. The van der Waals surface area contributed by atoms with Gasteiger partial charge < -0.3 is 10.2 Å². The summed E-state index contributed by atoms with van der Waals surface area (Å²) in [5.74, 6) is -1.09. The average Bonchev–Trinajstić information content (AvgIpc) is 3.48. The van der Waals surface area contributed by atoms with Crippen molar-refractivity contribution in [3.8, 4) is 0 Å². The summed E-state index contributed by atoms with van der Waals surface area (Å²) in [5, 5.41) is 15.0. The Morgan fingerprint density at radius 2 is 1.63 bits per heavy atom. The molecular weight excluding hydrogens is 615 g/mol. The molecule has 0 bridgehead atoms.